The molecule has 0 fully saturated rings. The molecule has 0 aliphatic heterocycles. The second-order valence-corrected chi connectivity index (χ2v) is 12.8. The third kappa shape index (κ3) is 5.75. The van der Waals surface area contributed by atoms with E-state index in [1.165, 1.54) is 22.3 Å². The summed E-state index contributed by atoms with van der Waals surface area (Å²) in [5.74, 6) is 1.75. The number of hydrogen-bond acceptors (Lipinski definition) is 5. The lowest BCUT2D eigenvalue weighted by Crippen LogP contribution is -2.02. The molecule has 5 nitrogen and oxygen atoms in total. The van der Waals surface area contributed by atoms with Gasteiger partial charge in [-0.1, -0.05) is 121 Å². The number of furan rings is 1. The zero-order valence-electron chi connectivity index (χ0n) is 28.2. The van der Waals surface area contributed by atoms with Crippen molar-refractivity contribution in [2.45, 2.75) is 13.8 Å². The van der Waals surface area contributed by atoms with E-state index >= 15 is 0 Å². The van der Waals surface area contributed by atoms with Gasteiger partial charge in [0, 0.05) is 38.9 Å². The fraction of sp³-hybridized carbons (Fsp3) is 0.0435. The van der Waals surface area contributed by atoms with Crippen LogP contribution in [-0.4, -0.2) is 19.9 Å². The van der Waals surface area contributed by atoms with E-state index in [9.17, 15) is 0 Å². The molecule has 0 spiro atoms. The molecule has 0 unspecified atom stereocenters. The van der Waals surface area contributed by atoms with Crippen molar-refractivity contribution in [1.29, 1.82) is 0 Å². The number of hydrogen-bond donors (Lipinski definition) is 0. The van der Waals surface area contributed by atoms with Crippen LogP contribution in [0, 0.1) is 13.8 Å². The van der Waals surface area contributed by atoms with E-state index in [1.807, 2.05) is 56.3 Å². The summed E-state index contributed by atoms with van der Waals surface area (Å²) in [5.41, 5.74) is 13.1. The molecule has 0 aliphatic rings. The number of aryl methyl sites for hydroxylation is 2. The number of nitrogens with zero attached hydrogens (tertiary/aromatic N) is 4. The fourth-order valence-corrected chi connectivity index (χ4v) is 6.80. The Kier molecular flexibility index (Phi) is 7.51. The number of pyridine rings is 1. The topological polar surface area (TPSA) is 64.7 Å². The summed E-state index contributed by atoms with van der Waals surface area (Å²) in [4.78, 5) is 19.7. The van der Waals surface area contributed by atoms with Gasteiger partial charge in [-0.3, -0.25) is 4.98 Å². The van der Waals surface area contributed by atoms with Crippen LogP contribution in [0.25, 0.3) is 89.5 Å². The average molecular weight is 657 g/mol. The minimum Gasteiger partial charge on any atom is -0.456 e. The summed E-state index contributed by atoms with van der Waals surface area (Å²) in [6.07, 6.45) is 0. The van der Waals surface area contributed by atoms with Gasteiger partial charge in [-0.2, -0.15) is 0 Å². The summed E-state index contributed by atoms with van der Waals surface area (Å²) < 4.78 is 6.22. The molecule has 0 saturated heterocycles. The van der Waals surface area contributed by atoms with Crippen LogP contribution in [-0.2, 0) is 0 Å². The lowest BCUT2D eigenvalue weighted by Gasteiger charge is -2.14. The first-order chi connectivity index (χ1) is 25.1. The molecule has 3 heterocycles. The van der Waals surface area contributed by atoms with E-state index < -0.39 is 0 Å². The molecule has 3 aromatic heterocycles. The van der Waals surface area contributed by atoms with Gasteiger partial charge in [0.05, 0.1) is 0 Å². The quantitative estimate of drug-likeness (QED) is 0.178. The Bertz CT molecular complexity index is 2700. The molecule has 0 N–H and O–H groups in total. The third-order valence-electron chi connectivity index (χ3n) is 9.40. The van der Waals surface area contributed by atoms with Crippen molar-refractivity contribution in [2.24, 2.45) is 0 Å². The SMILES string of the molecule is Cc1ccc(-c2nc(-c3ccc(-c4ccc(-c5ccccc5)cc4-c4ccccc4)cc3)nc(-c3ccc4c(c3)oc3ccccc34)n2)c(C)n1. The minimum absolute atomic E-state index is 0.573. The summed E-state index contributed by atoms with van der Waals surface area (Å²) in [6, 6.07) is 54.6. The highest BCUT2D eigenvalue weighted by atomic mass is 16.3. The standard InChI is InChI=1S/C46H32N4O/c1-29-17-24-37(30(2)47-29)46-49-44(48-45(50-46)36-23-26-40-39-15-9-10-16-42(39)51-43(40)28-36)34-20-18-33(19-21-34)38-25-22-35(31-11-5-3-6-12-31)27-41(38)32-13-7-4-8-14-32/h3-28H,1-2H3. The molecule has 0 radical (unpaired) electrons. The highest BCUT2D eigenvalue weighted by Crippen LogP contribution is 2.37. The zero-order chi connectivity index (χ0) is 34.3. The van der Waals surface area contributed by atoms with Crippen LogP contribution in [0.1, 0.15) is 11.4 Å². The van der Waals surface area contributed by atoms with Crippen molar-refractivity contribution >= 4 is 21.9 Å². The number of fused-ring (bicyclic) bond motifs is 3. The number of rotatable bonds is 6. The van der Waals surface area contributed by atoms with Gasteiger partial charge in [0.1, 0.15) is 11.2 Å². The molecule has 6 aromatic carbocycles. The van der Waals surface area contributed by atoms with E-state index in [4.69, 9.17) is 24.4 Å². The summed E-state index contributed by atoms with van der Waals surface area (Å²) >= 11 is 0. The van der Waals surface area contributed by atoms with Gasteiger partial charge in [0.25, 0.3) is 0 Å². The minimum atomic E-state index is 0.573. The second-order valence-electron chi connectivity index (χ2n) is 12.8. The average Bonchev–Trinajstić information content (AvgIpc) is 3.56. The molecule has 9 aromatic rings. The van der Waals surface area contributed by atoms with Gasteiger partial charge >= 0.3 is 0 Å². The van der Waals surface area contributed by atoms with Crippen LogP contribution in [0.5, 0.6) is 0 Å². The molecule has 51 heavy (non-hydrogen) atoms. The van der Waals surface area contributed by atoms with E-state index in [0.29, 0.717) is 17.5 Å². The Morgan fingerprint density at radius 2 is 0.922 bits per heavy atom. The second kappa shape index (κ2) is 12.6. The Morgan fingerprint density at radius 1 is 0.353 bits per heavy atom. The largest absolute Gasteiger partial charge is 0.456 e. The molecule has 9 rings (SSSR count). The molecule has 0 bridgehead atoms. The van der Waals surface area contributed by atoms with Gasteiger partial charge < -0.3 is 4.42 Å². The zero-order valence-corrected chi connectivity index (χ0v) is 28.2. The van der Waals surface area contributed by atoms with Crippen molar-refractivity contribution in [2.75, 3.05) is 0 Å². The number of benzene rings is 6. The Labute approximate surface area is 296 Å². The van der Waals surface area contributed by atoms with Gasteiger partial charge in [-0.15, -0.1) is 0 Å². The third-order valence-corrected chi connectivity index (χ3v) is 9.40. The molecule has 0 aliphatic carbocycles. The maximum Gasteiger partial charge on any atom is 0.165 e. The van der Waals surface area contributed by atoms with Crippen LogP contribution in [0.3, 0.4) is 0 Å². The van der Waals surface area contributed by atoms with Gasteiger partial charge in [0.2, 0.25) is 0 Å². The van der Waals surface area contributed by atoms with Crippen molar-refractivity contribution in [1.82, 2.24) is 19.9 Å². The first-order valence-corrected chi connectivity index (χ1v) is 17.1. The maximum atomic E-state index is 6.22. The van der Waals surface area contributed by atoms with Crippen LogP contribution in [0.15, 0.2) is 162 Å². The van der Waals surface area contributed by atoms with Gasteiger partial charge in [0.15, 0.2) is 17.5 Å². The van der Waals surface area contributed by atoms with Crippen LogP contribution in [0.4, 0.5) is 0 Å². The first kappa shape index (κ1) is 30.3. The Hall–Kier alpha value is -6.72. The lowest BCUT2D eigenvalue weighted by atomic mass is 9.91. The fourth-order valence-electron chi connectivity index (χ4n) is 6.80. The molecule has 5 heteroatoms. The Balaban J connectivity index is 1.15. The molecular formula is C46H32N4O. The Morgan fingerprint density at radius 3 is 1.69 bits per heavy atom. The first-order valence-electron chi connectivity index (χ1n) is 17.1. The van der Waals surface area contributed by atoms with Gasteiger partial charge in [-0.25, -0.2) is 15.0 Å². The normalized spacial score (nSPS) is 11.3. The van der Waals surface area contributed by atoms with Crippen molar-refractivity contribution in [3.05, 3.63) is 169 Å². The summed E-state index contributed by atoms with van der Waals surface area (Å²) in [6.45, 7) is 3.98. The molecule has 0 amide bonds. The van der Waals surface area contributed by atoms with E-state index in [1.54, 1.807) is 0 Å². The highest BCUT2D eigenvalue weighted by Gasteiger charge is 2.17. The van der Waals surface area contributed by atoms with Crippen molar-refractivity contribution in [3.8, 4) is 67.5 Å². The van der Waals surface area contributed by atoms with Crippen LogP contribution < -0.4 is 0 Å². The highest BCUT2D eigenvalue weighted by molar-refractivity contribution is 6.05. The van der Waals surface area contributed by atoms with E-state index in [2.05, 4.69) is 115 Å². The monoisotopic (exact) mass is 656 g/mol. The summed E-state index contributed by atoms with van der Waals surface area (Å²) in [7, 11) is 0. The molecule has 0 saturated carbocycles. The predicted octanol–water partition coefficient (Wildman–Crippen LogP) is 11.8. The molecular weight excluding hydrogens is 625 g/mol. The summed E-state index contributed by atoms with van der Waals surface area (Å²) in [5, 5.41) is 2.15. The number of para-hydroxylation sites is 1. The van der Waals surface area contributed by atoms with Gasteiger partial charge in [-0.05, 0) is 83.6 Å². The molecule has 0 atom stereocenters. The van der Waals surface area contributed by atoms with E-state index in [-0.39, 0.29) is 0 Å². The van der Waals surface area contributed by atoms with E-state index in [0.717, 1.165) is 61.1 Å². The molecule has 242 valence electrons. The van der Waals surface area contributed by atoms with Crippen LogP contribution in [0.2, 0.25) is 0 Å². The smallest absolute Gasteiger partial charge is 0.165 e. The van der Waals surface area contributed by atoms with Crippen molar-refractivity contribution in [3.63, 3.8) is 0 Å². The lowest BCUT2D eigenvalue weighted by molar-refractivity contribution is 0.669. The predicted molar refractivity (Wildman–Crippen MR) is 207 cm³/mol. The number of aromatic nitrogens is 4. The van der Waals surface area contributed by atoms with Crippen LogP contribution >= 0.6 is 0 Å². The maximum absolute atomic E-state index is 6.22. The van der Waals surface area contributed by atoms with Crippen molar-refractivity contribution < 1.29 is 4.42 Å².